The van der Waals surface area contributed by atoms with E-state index in [4.69, 9.17) is 11.6 Å². The minimum Gasteiger partial charge on any atom is -0.293 e. The Hall–Kier alpha value is -0.550. The van der Waals surface area contributed by atoms with E-state index >= 15 is 0 Å². The summed E-state index contributed by atoms with van der Waals surface area (Å²) in [7, 11) is 0. The zero-order valence-corrected chi connectivity index (χ0v) is 9.58. The molecule has 1 rings (SSSR count). The van der Waals surface area contributed by atoms with Crippen molar-refractivity contribution in [2.24, 2.45) is 0 Å². The number of carbonyl (C=O) groups is 1. The highest BCUT2D eigenvalue weighted by Crippen LogP contribution is 2.37. The average molecular weight is 301 g/mol. The lowest BCUT2D eigenvalue weighted by Crippen LogP contribution is -2.14. The summed E-state index contributed by atoms with van der Waals surface area (Å²) in [6.07, 6.45) is -4.62. The highest BCUT2D eigenvalue weighted by atomic mass is 79.9. The Morgan fingerprint density at radius 3 is 2.47 bits per heavy atom. The monoisotopic (exact) mass is 300 g/mol. The smallest absolute Gasteiger partial charge is 0.293 e. The molecule has 0 atom stereocenters. The molecule has 0 bridgehead atoms. The average Bonchev–Trinajstić information content (AvgIpc) is 2.14. The van der Waals surface area contributed by atoms with Gasteiger partial charge < -0.3 is 0 Å². The molecule has 6 heteroatoms. The van der Waals surface area contributed by atoms with E-state index in [1.807, 2.05) is 0 Å². The molecule has 0 aliphatic rings. The summed E-state index contributed by atoms with van der Waals surface area (Å²) in [5.41, 5.74) is -1.48. The van der Waals surface area contributed by atoms with Crippen molar-refractivity contribution in [3.63, 3.8) is 0 Å². The molecule has 1 aromatic rings. The first-order chi connectivity index (χ1) is 6.88. The zero-order chi connectivity index (χ0) is 11.6. The highest BCUT2D eigenvalue weighted by Gasteiger charge is 2.37. The summed E-state index contributed by atoms with van der Waals surface area (Å²) < 4.78 is 37.7. The Bertz CT molecular complexity index is 389. The van der Waals surface area contributed by atoms with Crippen LogP contribution in [0.3, 0.4) is 0 Å². The van der Waals surface area contributed by atoms with Gasteiger partial charge in [-0.05, 0) is 6.07 Å². The van der Waals surface area contributed by atoms with Crippen LogP contribution in [0.2, 0.25) is 5.02 Å². The minimum atomic E-state index is -4.62. The number of carbonyl (C=O) groups excluding carboxylic acids is 1. The molecule has 0 spiro atoms. The molecule has 0 N–H and O–H groups in total. The van der Waals surface area contributed by atoms with Gasteiger partial charge >= 0.3 is 6.18 Å². The van der Waals surface area contributed by atoms with Crippen LogP contribution in [0.15, 0.2) is 18.2 Å². The number of hydrogen-bond acceptors (Lipinski definition) is 1. The van der Waals surface area contributed by atoms with E-state index in [1.54, 1.807) is 0 Å². The number of alkyl halides is 4. The minimum absolute atomic E-state index is 0.170. The third-order valence-corrected chi connectivity index (χ3v) is 2.54. The fourth-order valence-corrected chi connectivity index (χ4v) is 1.70. The molecular formula is C9H5BrClF3O. The van der Waals surface area contributed by atoms with Crippen LogP contribution in [0.25, 0.3) is 0 Å². The van der Waals surface area contributed by atoms with Gasteiger partial charge in [0.1, 0.15) is 0 Å². The molecule has 0 aliphatic carbocycles. The SMILES string of the molecule is O=C(CBr)c1cccc(Cl)c1C(F)(F)F. The Balaban J connectivity index is 3.40. The van der Waals surface area contributed by atoms with Gasteiger partial charge in [0, 0.05) is 5.56 Å². The third-order valence-electron chi connectivity index (χ3n) is 1.72. The van der Waals surface area contributed by atoms with Crippen LogP contribution in [0.4, 0.5) is 13.2 Å². The number of benzene rings is 1. The predicted molar refractivity (Wildman–Crippen MR) is 54.6 cm³/mol. The molecule has 0 amide bonds. The van der Waals surface area contributed by atoms with Crippen LogP contribution >= 0.6 is 27.5 Å². The standard InChI is InChI=1S/C9H5BrClF3O/c10-4-7(15)5-2-1-3-6(11)8(5)9(12,13)14/h1-3H,4H2. The second-order valence-corrected chi connectivity index (χ2v) is 3.68. The van der Waals surface area contributed by atoms with Crippen LogP contribution in [-0.2, 0) is 6.18 Å². The van der Waals surface area contributed by atoms with E-state index in [0.717, 1.165) is 12.1 Å². The van der Waals surface area contributed by atoms with E-state index in [-0.39, 0.29) is 5.33 Å². The molecule has 0 unspecified atom stereocenters. The maximum atomic E-state index is 12.6. The van der Waals surface area contributed by atoms with Crippen molar-refractivity contribution in [2.45, 2.75) is 6.18 Å². The quantitative estimate of drug-likeness (QED) is 0.597. The predicted octanol–water partition coefficient (Wildman–Crippen LogP) is 3.94. The van der Waals surface area contributed by atoms with Gasteiger partial charge in [-0.25, -0.2) is 0 Å². The lowest BCUT2D eigenvalue weighted by Gasteiger charge is -2.12. The molecule has 0 radical (unpaired) electrons. The summed E-state index contributed by atoms with van der Waals surface area (Å²) >= 11 is 8.24. The molecule has 1 aromatic carbocycles. The molecule has 0 aromatic heterocycles. The number of rotatable bonds is 2. The maximum absolute atomic E-state index is 12.6. The van der Waals surface area contributed by atoms with Crippen LogP contribution in [0.1, 0.15) is 15.9 Å². The second-order valence-electron chi connectivity index (χ2n) is 2.72. The lowest BCUT2D eigenvalue weighted by atomic mass is 10.0. The Kier molecular flexibility index (Phi) is 3.78. The van der Waals surface area contributed by atoms with Crippen LogP contribution < -0.4 is 0 Å². The van der Waals surface area contributed by atoms with Crippen LogP contribution in [-0.4, -0.2) is 11.1 Å². The summed E-state index contributed by atoms with van der Waals surface area (Å²) in [6, 6.07) is 3.53. The molecular weight excluding hydrogens is 296 g/mol. The van der Waals surface area contributed by atoms with Crippen molar-refractivity contribution in [3.05, 3.63) is 34.3 Å². The van der Waals surface area contributed by atoms with E-state index in [0.29, 0.717) is 0 Å². The number of halogens is 5. The topological polar surface area (TPSA) is 17.1 Å². The van der Waals surface area contributed by atoms with Crippen molar-refractivity contribution < 1.29 is 18.0 Å². The summed E-state index contributed by atoms with van der Waals surface area (Å²) in [5, 5.41) is -0.634. The van der Waals surface area contributed by atoms with E-state index < -0.39 is 28.1 Å². The summed E-state index contributed by atoms with van der Waals surface area (Å²) in [5.74, 6) is -0.648. The molecule has 0 aliphatic heterocycles. The van der Waals surface area contributed by atoms with Crippen molar-refractivity contribution in [1.82, 2.24) is 0 Å². The number of hydrogen-bond donors (Lipinski definition) is 0. The fraction of sp³-hybridized carbons (Fsp3) is 0.222. The van der Waals surface area contributed by atoms with Gasteiger partial charge in [0.15, 0.2) is 5.78 Å². The van der Waals surface area contributed by atoms with Gasteiger partial charge in [-0.2, -0.15) is 13.2 Å². The number of Topliss-reactive ketones (excluding diaryl/α,β-unsaturated/α-hetero) is 1. The molecule has 15 heavy (non-hydrogen) atoms. The van der Waals surface area contributed by atoms with E-state index in [1.165, 1.54) is 6.07 Å². The highest BCUT2D eigenvalue weighted by molar-refractivity contribution is 9.09. The largest absolute Gasteiger partial charge is 0.418 e. The Labute approximate surface area is 97.4 Å². The lowest BCUT2D eigenvalue weighted by molar-refractivity contribution is -0.137. The van der Waals surface area contributed by atoms with Crippen molar-refractivity contribution in [3.8, 4) is 0 Å². The second kappa shape index (κ2) is 4.53. The van der Waals surface area contributed by atoms with Gasteiger partial charge in [0.2, 0.25) is 0 Å². The Morgan fingerprint density at radius 1 is 1.40 bits per heavy atom. The zero-order valence-electron chi connectivity index (χ0n) is 7.24. The summed E-state index contributed by atoms with van der Waals surface area (Å²) in [6.45, 7) is 0. The van der Waals surface area contributed by atoms with E-state index in [2.05, 4.69) is 15.9 Å². The van der Waals surface area contributed by atoms with Gasteiger partial charge in [-0.15, -0.1) is 0 Å². The van der Waals surface area contributed by atoms with E-state index in [9.17, 15) is 18.0 Å². The van der Waals surface area contributed by atoms with Crippen molar-refractivity contribution >= 4 is 33.3 Å². The first kappa shape index (κ1) is 12.5. The molecule has 1 nitrogen and oxygen atoms in total. The normalized spacial score (nSPS) is 11.5. The fourth-order valence-electron chi connectivity index (χ4n) is 1.12. The first-order valence-corrected chi connectivity index (χ1v) is 5.32. The van der Waals surface area contributed by atoms with Gasteiger partial charge in [-0.3, -0.25) is 4.79 Å². The number of ketones is 1. The first-order valence-electron chi connectivity index (χ1n) is 3.82. The molecule has 82 valence electrons. The molecule has 0 saturated carbocycles. The summed E-state index contributed by atoms with van der Waals surface area (Å²) in [4.78, 5) is 11.2. The van der Waals surface area contributed by atoms with Gasteiger partial charge in [-0.1, -0.05) is 39.7 Å². The van der Waals surface area contributed by atoms with Gasteiger partial charge in [0.25, 0.3) is 0 Å². The maximum Gasteiger partial charge on any atom is 0.418 e. The molecule has 0 fully saturated rings. The molecule has 0 heterocycles. The van der Waals surface area contributed by atoms with Crippen LogP contribution in [0.5, 0.6) is 0 Å². The van der Waals surface area contributed by atoms with Crippen molar-refractivity contribution in [2.75, 3.05) is 5.33 Å². The van der Waals surface area contributed by atoms with Crippen LogP contribution in [0, 0.1) is 0 Å². The Morgan fingerprint density at radius 2 is 2.00 bits per heavy atom. The third kappa shape index (κ3) is 2.72. The van der Waals surface area contributed by atoms with Gasteiger partial charge in [0.05, 0.1) is 15.9 Å². The molecule has 0 saturated heterocycles. The van der Waals surface area contributed by atoms with Crippen molar-refractivity contribution in [1.29, 1.82) is 0 Å².